The number of amides is 1. The second kappa shape index (κ2) is 4.10. The fourth-order valence-electron chi connectivity index (χ4n) is 2.08. The minimum Gasteiger partial charge on any atom is -0.392 e. The minimum atomic E-state index is -0.641. The summed E-state index contributed by atoms with van der Waals surface area (Å²) in [4.78, 5) is 12.5. The van der Waals surface area contributed by atoms with E-state index in [-0.39, 0.29) is 5.91 Å². The first kappa shape index (κ1) is 12.0. The smallest absolute Gasteiger partial charge is 0.237 e. The molecule has 2 rings (SSSR count). The van der Waals surface area contributed by atoms with Crippen LogP contribution in [0.1, 0.15) is 25.0 Å². The number of rotatable bonds is 3. The first-order valence-corrected chi connectivity index (χ1v) is 5.98. The van der Waals surface area contributed by atoms with Crippen molar-refractivity contribution in [2.45, 2.75) is 26.2 Å². The molecular weight excluding hydrogens is 236 g/mol. The highest BCUT2D eigenvalue weighted by atomic mass is 32.1. The second-order valence-electron chi connectivity index (χ2n) is 4.56. The molecule has 0 aliphatic heterocycles. The fourth-order valence-corrected chi connectivity index (χ4v) is 2.38. The average Bonchev–Trinajstić information content (AvgIpc) is 2.42. The zero-order valence-electron chi connectivity index (χ0n) is 9.99. The molecule has 17 heavy (non-hydrogen) atoms. The van der Waals surface area contributed by atoms with Crippen LogP contribution in [-0.4, -0.2) is 20.7 Å². The van der Waals surface area contributed by atoms with Crippen LogP contribution in [0, 0.1) is 12.3 Å². The number of carbonyl (C=O) groups is 1. The molecule has 1 aliphatic rings. The van der Waals surface area contributed by atoms with Gasteiger partial charge in [0.2, 0.25) is 5.91 Å². The van der Waals surface area contributed by atoms with E-state index in [1.807, 2.05) is 14.0 Å². The Kier molecular flexibility index (Phi) is 2.91. The van der Waals surface area contributed by atoms with Gasteiger partial charge in [0.1, 0.15) is 0 Å². The summed E-state index contributed by atoms with van der Waals surface area (Å²) in [5.74, 6) is -0.104. The standard InChI is InChI=1S/C11H16N4OS/c1-7-8(6-15(2)14-7)13-10(16)11(9(12)17)4-3-5-11/h6H,3-5H2,1-2H3,(H2,12,17)(H,13,16). The van der Waals surface area contributed by atoms with Crippen LogP contribution in [0.4, 0.5) is 5.69 Å². The Morgan fingerprint density at radius 2 is 2.29 bits per heavy atom. The van der Waals surface area contributed by atoms with E-state index in [1.165, 1.54) is 0 Å². The van der Waals surface area contributed by atoms with Crippen molar-refractivity contribution in [2.24, 2.45) is 18.2 Å². The van der Waals surface area contributed by atoms with E-state index >= 15 is 0 Å². The maximum atomic E-state index is 12.2. The van der Waals surface area contributed by atoms with Crippen molar-refractivity contribution in [1.29, 1.82) is 0 Å². The van der Waals surface area contributed by atoms with Crippen LogP contribution < -0.4 is 11.1 Å². The largest absolute Gasteiger partial charge is 0.392 e. The Bertz CT molecular complexity index is 476. The molecule has 1 aromatic heterocycles. The number of carbonyl (C=O) groups excluding carboxylic acids is 1. The normalized spacial score (nSPS) is 17.3. The molecule has 1 saturated carbocycles. The molecule has 5 nitrogen and oxygen atoms in total. The van der Waals surface area contributed by atoms with Crippen LogP contribution in [0.15, 0.2) is 6.20 Å². The van der Waals surface area contributed by atoms with E-state index in [9.17, 15) is 4.79 Å². The van der Waals surface area contributed by atoms with Gasteiger partial charge in [-0.3, -0.25) is 9.48 Å². The molecule has 1 aliphatic carbocycles. The van der Waals surface area contributed by atoms with Crippen LogP contribution in [0.3, 0.4) is 0 Å². The molecule has 0 atom stereocenters. The highest BCUT2D eigenvalue weighted by Gasteiger charge is 2.47. The SMILES string of the molecule is Cc1nn(C)cc1NC(=O)C1(C(N)=S)CCC1. The predicted octanol–water partition coefficient (Wildman–Crippen LogP) is 1.12. The summed E-state index contributed by atoms with van der Waals surface area (Å²) in [5, 5.41) is 7.04. The van der Waals surface area contributed by atoms with Gasteiger partial charge in [-0.25, -0.2) is 0 Å². The summed E-state index contributed by atoms with van der Waals surface area (Å²) >= 11 is 5.01. The topological polar surface area (TPSA) is 72.9 Å². The molecule has 6 heteroatoms. The molecule has 1 aromatic rings. The van der Waals surface area contributed by atoms with Crippen LogP contribution in [0.2, 0.25) is 0 Å². The number of hydrogen-bond donors (Lipinski definition) is 2. The summed E-state index contributed by atoms with van der Waals surface area (Å²) in [6.07, 6.45) is 4.26. The van der Waals surface area contributed by atoms with E-state index in [0.29, 0.717) is 4.99 Å². The first-order chi connectivity index (χ1) is 7.95. The number of anilines is 1. The lowest BCUT2D eigenvalue weighted by Crippen LogP contribution is -2.50. The van der Waals surface area contributed by atoms with Crippen LogP contribution in [0.25, 0.3) is 0 Å². The molecule has 1 amide bonds. The predicted molar refractivity (Wildman–Crippen MR) is 69.6 cm³/mol. The van der Waals surface area contributed by atoms with Crippen molar-refractivity contribution in [3.8, 4) is 0 Å². The van der Waals surface area contributed by atoms with Crippen molar-refractivity contribution in [1.82, 2.24) is 9.78 Å². The van der Waals surface area contributed by atoms with Crippen LogP contribution in [0.5, 0.6) is 0 Å². The maximum absolute atomic E-state index is 12.2. The fraction of sp³-hybridized carbons (Fsp3) is 0.545. The van der Waals surface area contributed by atoms with Crippen molar-refractivity contribution < 1.29 is 4.79 Å². The summed E-state index contributed by atoms with van der Waals surface area (Å²) in [7, 11) is 1.81. The van der Waals surface area contributed by atoms with Crippen molar-refractivity contribution in [3.63, 3.8) is 0 Å². The molecule has 0 radical (unpaired) electrons. The molecule has 92 valence electrons. The van der Waals surface area contributed by atoms with Gasteiger partial charge in [0.05, 0.1) is 21.8 Å². The number of aromatic nitrogens is 2. The van der Waals surface area contributed by atoms with E-state index in [4.69, 9.17) is 18.0 Å². The van der Waals surface area contributed by atoms with E-state index in [0.717, 1.165) is 30.6 Å². The number of thiocarbonyl (C=S) groups is 1. The second-order valence-corrected chi connectivity index (χ2v) is 5.00. The average molecular weight is 252 g/mol. The van der Waals surface area contributed by atoms with Crippen LogP contribution in [-0.2, 0) is 11.8 Å². The third-order valence-electron chi connectivity index (χ3n) is 3.38. The van der Waals surface area contributed by atoms with Gasteiger partial charge in [0.25, 0.3) is 0 Å². The number of nitrogens with one attached hydrogen (secondary N) is 1. The number of nitrogens with two attached hydrogens (primary N) is 1. The number of hydrogen-bond acceptors (Lipinski definition) is 3. The van der Waals surface area contributed by atoms with Gasteiger partial charge >= 0.3 is 0 Å². The Morgan fingerprint density at radius 3 is 2.65 bits per heavy atom. The lowest BCUT2D eigenvalue weighted by molar-refractivity contribution is -0.125. The lowest BCUT2D eigenvalue weighted by Gasteiger charge is -2.38. The molecular formula is C11H16N4OS. The van der Waals surface area contributed by atoms with Gasteiger partial charge in [-0.05, 0) is 19.8 Å². The molecule has 1 heterocycles. The molecule has 0 saturated heterocycles. The third-order valence-corrected chi connectivity index (χ3v) is 3.77. The van der Waals surface area contributed by atoms with Gasteiger partial charge in [0.15, 0.2) is 0 Å². The highest BCUT2D eigenvalue weighted by molar-refractivity contribution is 7.80. The molecule has 0 aromatic carbocycles. The number of nitrogens with zero attached hydrogens (tertiary/aromatic N) is 2. The zero-order chi connectivity index (χ0) is 12.6. The molecule has 3 N–H and O–H groups in total. The third kappa shape index (κ3) is 1.93. The first-order valence-electron chi connectivity index (χ1n) is 5.57. The summed E-state index contributed by atoms with van der Waals surface area (Å²) in [6.45, 7) is 1.85. The van der Waals surface area contributed by atoms with Crippen molar-refractivity contribution in [2.75, 3.05) is 5.32 Å². The van der Waals surface area contributed by atoms with E-state index < -0.39 is 5.41 Å². The van der Waals surface area contributed by atoms with Gasteiger partial charge in [-0.15, -0.1) is 0 Å². The van der Waals surface area contributed by atoms with E-state index in [2.05, 4.69) is 10.4 Å². The highest BCUT2D eigenvalue weighted by Crippen LogP contribution is 2.42. The zero-order valence-corrected chi connectivity index (χ0v) is 10.8. The van der Waals surface area contributed by atoms with Gasteiger partial charge in [-0.2, -0.15) is 5.10 Å². The van der Waals surface area contributed by atoms with Gasteiger partial charge in [-0.1, -0.05) is 18.6 Å². The van der Waals surface area contributed by atoms with E-state index in [1.54, 1.807) is 10.9 Å². The van der Waals surface area contributed by atoms with Crippen molar-refractivity contribution >= 4 is 28.8 Å². The Balaban J connectivity index is 2.16. The molecule has 0 bridgehead atoms. The summed E-state index contributed by atoms with van der Waals surface area (Å²) < 4.78 is 1.67. The Hall–Kier alpha value is -1.43. The monoisotopic (exact) mass is 252 g/mol. The minimum absolute atomic E-state index is 0.104. The molecule has 1 fully saturated rings. The number of aryl methyl sites for hydroxylation is 2. The maximum Gasteiger partial charge on any atom is 0.237 e. The Morgan fingerprint density at radius 1 is 1.65 bits per heavy atom. The van der Waals surface area contributed by atoms with Gasteiger partial charge < -0.3 is 11.1 Å². The molecule has 0 spiro atoms. The van der Waals surface area contributed by atoms with Crippen molar-refractivity contribution in [3.05, 3.63) is 11.9 Å². The quantitative estimate of drug-likeness (QED) is 0.791. The summed E-state index contributed by atoms with van der Waals surface area (Å²) in [5.41, 5.74) is 6.55. The van der Waals surface area contributed by atoms with Gasteiger partial charge in [0, 0.05) is 13.2 Å². The lowest BCUT2D eigenvalue weighted by atomic mass is 9.68. The Labute approximate surface area is 105 Å². The molecule has 0 unspecified atom stereocenters. The van der Waals surface area contributed by atoms with Crippen LogP contribution >= 0.6 is 12.2 Å². The summed E-state index contributed by atoms with van der Waals surface area (Å²) in [6, 6.07) is 0.